The molecular weight excluding hydrogens is 296 g/mol. The maximum atomic E-state index is 11.8. The molecule has 1 aromatic carbocycles. The van der Waals surface area contributed by atoms with Gasteiger partial charge in [-0.15, -0.1) is 0 Å². The molecule has 4 nitrogen and oxygen atoms in total. The number of hydrogen-bond donors (Lipinski definition) is 1. The normalized spacial score (nSPS) is 9.94. The average Bonchev–Trinajstić information content (AvgIpc) is 2.31. The second-order valence-corrected chi connectivity index (χ2v) is 5.02. The first-order valence-electron chi connectivity index (χ1n) is 5.72. The van der Waals surface area contributed by atoms with Crippen molar-refractivity contribution < 1.29 is 9.59 Å². The lowest BCUT2D eigenvalue weighted by Crippen LogP contribution is -2.30. The van der Waals surface area contributed by atoms with Crippen LogP contribution in [0.25, 0.3) is 0 Å². The first-order valence-corrected chi connectivity index (χ1v) is 6.51. The molecule has 1 rings (SSSR count). The molecule has 0 aromatic heterocycles. The van der Waals surface area contributed by atoms with Crippen molar-refractivity contribution in [2.75, 3.05) is 13.6 Å². The summed E-state index contributed by atoms with van der Waals surface area (Å²) in [7, 11) is 1.76. The van der Waals surface area contributed by atoms with Crippen LogP contribution >= 0.6 is 15.9 Å². The van der Waals surface area contributed by atoms with Crippen LogP contribution in [0.5, 0.6) is 0 Å². The second kappa shape index (κ2) is 7.16. The number of nitrogens with one attached hydrogen (secondary N) is 1. The number of carbonyl (C=O) groups excluding carboxylic acids is 2. The Labute approximate surface area is 115 Å². The fraction of sp³-hybridized carbons (Fsp3) is 0.385. The molecule has 18 heavy (non-hydrogen) atoms. The van der Waals surface area contributed by atoms with Crippen LogP contribution in [0.3, 0.4) is 0 Å². The third-order valence-corrected chi connectivity index (χ3v) is 3.00. The number of nitrogens with zero attached hydrogens (tertiary/aromatic N) is 1. The van der Waals surface area contributed by atoms with Gasteiger partial charge in [-0.3, -0.25) is 9.59 Å². The summed E-state index contributed by atoms with van der Waals surface area (Å²) in [6.07, 6.45) is 0.326. The molecule has 1 aromatic rings. The molecular formula is C13H17BrN2O2. The van der Waals surface area contributed by atoms with Gasteiger partial charge in [0.2, 0.25) is 11.8 Å². The molecule has 0 saturated carbocycles. The topological polar surface area (TPSA) is 49.4 Å². The summed E-state index contributed by atoms with van der Waals surface area (Å²) in [6, 6.07) is 7.85. The Balaban J connectivity index is 2.39. The zero-order chi connectivity index (χ0) is 13.5. The summed E-state index contributed by atoms with van der Waals surface area (Å²) in [5.41, 5.74) is 1.08. The van der Waals surface area contributed by atoms with Crippen molar-refractivity contribution in [2.45, 2.75) is 19.9 Å². The van der Waals surface area contributed by atoms with Crippen molar-refractivity contribution in [2.24, 2.45) is 0 Å². The lowest BCUT2D eigenvalue weighted by molar-refractivity contribution is -0.130. The number of carbonyl (C=O) groups is 2. The Morgan fingerprint density at radius 2 is 1.89 bits per heavy atom. The highest BCUT2D eigenvalue weighted by Crippen LogP contribution is 2.11. The van der Waals surface area contributed by atoms with Crippen LogP contribution in [-0.2, 0) is 16.1 Å². The van der Waals surface area contributed by atoms with E-state index in [2.05, 4.69) is 21.2 Å². The van der Waals surface area contributed by atoms with E-state index in [4.69, 9.17) is 0 Å². The molecule has 98 valence electrons. The van der Waals surface area contributed by atoms with Crippen molar-refractivity contribution in [3.8, 4) is 0 Å². The summed E-state index contributed by atoms with van der Waals surface area (Å²) in [4.78, 5) is 24.1. The molecule has 0 saturated heterocycles. The minimum absolute atomic E-state index is 0.0201. The largest absolute Gasteiger partial charge is 0.356 e. The standard InChI is InChI=1S/C13H17BrN2O2/c1-10(17)15-8-7-13(18)16(2)9-11-3-5-12(14)6-4-11/h3-6H,7-9H2,1-2H3,(H,15,17). The van der Waals surface area contributed by atoms with E-state index in [1.165, 1.54) is 6.92 Å². The van der Waals surface area contributed by atoms with E-state index in [0.29, 0.717) is 19.5 Å². The molecule has 1 N–H and O–H groups in total. The lowest BCUT2D eigenvalue weighted by Gasteiger charge is -2.17. The van der Waals surface area contributed by atoms with Crippen molar-refractivity contribution in [1.29, 1.82) is 0 Å². The molecule has 0 bridgehead atoms. The fourth-order valence-electron chi connectivity index (χ4n) is 1.49. The SMILES string of the molecule is CC(=O)NCCC(=O)N(C)Cc1ccc(Br)cc1. The van der Waals surface area contributed by atoms with Gasteiger partial charge in [-0.25, -0.2) is 0 Å². The van der Waals surface area contributed by atoms with Crippen molar-refractivity contribution in [3.05, 3.63) is 34.3 Å². The van der Waals surface area contributed by atoms with Crippen LogP contribution in [-0.4, -0.2) is 30.3 Å². The van der Waals surface area contributed by atoms with E-state index >= 15 is 0 Å². The summed E-state index contributed by atoms with van der Waals surface area (Å²) in [5.74, 6) is -0.0926. The highest BCUT2D eigenvalue weighted by molar-refractivity contribution is 9.10. The third-order valence-electron chi connectivity index (χ3n) is 2.47. The minimum Gasteiger partial charge on any atom is -0.356 e. The Bertz CT molecular complexity index is 418. The average molecular weight is 313 g/mol. The molecule has 0 aliphatic carbocycles. The van der Waals surface area contributed by atoms with E-state index < -0.39 is 0 Å². The highest BCUT2D eigenvalue weighted by atomic mass is 79.9. The second-order valence-electron chi connectivity index (χ2n) is 4.11. The molecule has 0 aliphatic rings. The van der Waals surface area contributed by atoms with Gasteiger partial charge in [0.1, 0.15) is 0 Å². The predicted octanol–water partition coefficient (Wildman–Crippen LogP) is 1.93. The molecule has 0 atom stereocenters. The zero-order valence-corrected chi connectivity index (χ0v) is 12.2. The maximum Gasteiger partial charge on any atom is 0.224 e. The Morgan fingerprint density at radius 3 is 2.44 bits per heavy atom. The van der Waals surface area contributed by atoms with Crippen LogP contribution in [0.1, 0.15) is 18.9 Å². The minimum atomic E-state index is -0.113. The Kier molecular flexibility index (Phi) is 5.85. The first kappa shape index (κ1) is 14.7. The van der Waals surface area contributed by atoms with Gasteiger partial charge in [0, 0.05) is 38.0 Å². The highest BCUT2D eigenvalue weighted by Gasteiger charge is 2.09. The van der Waals surface area contributed by atoms with Crippen molar-refractivity contribution in [1.82, 2.24) is 10.2 Å². The van der Waals surface area contributed by atoms with Gasteiger partial charge in [0.25, 0.3) is 0 Å². The van der Waals surface area contributed by atoms with Gasteiger partial charge >= 0.3 is 0 Å². The lowest BCUT2D eigenvalue weighted by atomic mass is 10.2. The quantitative estimate of drug-likeness (QED) is 0.903. The van der Waals surface area contributed by atoms with E-state index in [0.717, 1.165) is 10.0 Å². The molecule has 0 unspecified atom stereocenters. The Morgan fingerprint density at radius 1 is 1.28 bits per heavy atom. The molecule has 0 spiro atoms. The molecule has 0 fully saturated rings. The number of halogens is 1. The monoisotopic (exact) mass is 312 g/mol. The smallest absolute Gasteiger partial charge is 0.224 e. The van der Waals surface area contributed by atoms with Gasteiger partial charge in [-0.05, 0) is 17.7 Å². The number of amides is 2. The van der Waals surface area contributed by atoms with E-state index in [1.807, 2.05) is 24.3 Å². The molecule has 0 aliphatic heterocycles. The van der Waals surface area contributed by atoms with E-state index in [-0.39, 0.29) is 11.8 Å². The van der Waals surface area contributed by atoms with E-state index in [1.54, 1.807) is 11.9 Å². The van der Waals surface area contributed by atoms with Crippen molar-refractivity contribution >= 4 is 27.7 Å². The van der Waals surface area contributed by atoms with Gasteiger partial charge in [0.15, 0.2) is 0 Å². The van der Waals surface area contributed by atoms with Crippen LogP contribution in [0, 0.1) is 0 Å². The van der Waals surface area contributed by atoms with Crippen LogP contribution < -0.4 is 5.32 Å². The first-order chi connectivity index (χ1) is 8.49. The zero-order valence-electron chi connectivity index (χ0n) is 10.6. The van der Waals surface area contributed by atoms with Gasteiger partial charge in [0.05, 0.1) is 0 Å². The number of hydrogen-bond acceptors (Lipinski definition) is 2. The molecule has 0 radical (unpaired) electrons. The third kappa shape index (κ3) is 5.31. The summed E-state index contributed by atoms with van der Waals surface area (Å²) >= 11 is 3.37. The fourth-order valence-corrected chi connectivity index (χ4v) is 1.75. The number of benzene rings is 1. The van der Waals surface area contributed by atoms with E-state index in [9.17, 15) is 9.59 Å². The summed E-state index contributed by atoms with van der Waals surface area (Å²) in [6.45, 7) is 2.40. The Hall–Kier alpha value is -1.36. The summed E-state index contributed by atoms with van der Waals surface area (Å²) in [5, 5.41) is 2.61. The molecule has 5 heteroatoms. The molecule has 2 amide bonds. The van der Waals surface area contributed by atoms with Crippen LogP contribution in [0.15, 0.2) is 28.7 Å². The van der Waals surface area contributed by atoms with Crippen molar-refractivity contribution in [3.63, 3.8) is 0 Å². The predicted molar refractivity (Wildman–Crippen MR) is 73.9 cm³/mol. The van der Waals surface area contributed by atoms with Gasteiger partial charge in [-0.2, -0.15) is 0 Å². The maximum absolute atomic E-state index is 11.8. The van der Waals surface area contributed by atoms with Crippen LogP contribution in [0.2, 0.25) is 0 Å². The summed E-state index contributed by atoms with van der Waals surface area (Å²) < 4.78 is 1.02. The van der Waals surface area contributed by atoms with Gasteiger partial charge in [-0.1, -0.05) is 28.1 Å². The van der Waals surface area contributed by atoms with Crippen LogP contribution in [0.4, 0.5) is 0 Å². The number of rotatable bonds is 5. The molecule has 0 heterocycles. The van der Waals surface area contributed by atoms with Gasteiger partial charge < -0.3 is 10.2 Å².